The van der Waals surface area contributed by atoms with Crippen LogP contribution >= 0.6 is 0 Å². The van der Waals surface area contributed by atoms with E-state index >= 15 is 0 Å². The van der Waals surface area contributed by atoms with Crippen molar-refractivity contribution in [3.8, 4) is 0 Å². The first-order valence-electron chi connectivity index (χ1n) is 14.0. The monoisotopic (exact) mass is 542 g/mol. The van der Waals surface area contributed by atoms with Crippen LogP contribution in [0, 0.1) is 0 Å². The summed E-state index contributed by atoms with van der Waals surface area (Å²) in [5.74, 6) is -1.56. The van der Waals surface area contributed by atoms with Crippen molar-refractivity contribution in [2.45, 2.75) is 103 Å². The third-order valence-electron chi connectivity index (χ3n) is 6.28. The topological polar surface area (TPSA) is 122 Å². The molecule has 0 spiro atoms. The Labute approximate surface area is 232 Å². The number of H-pyrrole nitrogens is 1. The number of aromatic nitrogens is 1. The quantitative estimate of drug-likeness (QED) is 0.114. The molecule has 2 amide bonds. The van der Waals surface area contributed by atoms with Crippen LogP contribution in [0.1, 0.15) is 84.6 Å². The number of nitrogens with zero attached hydrogens (tertiary/aromatic N) is 1. The minimum Gasteiger partial charge on any atom is -0.483 e. The van der Waals surface area contributed by atoms with Gasteiger partial charge >= 0.3 is 5.97 Å². The Kier molecular flexibility index (Phi) is 13.5. The van der Waals surface area contributed by atoms with Gasteiger partial charge in [-0.3, -0.25) is 9.59 Å². The molecule has 1 heterocycles. The smallest absolute Gasteiger partial charge is 0.328 e. The van der Waals surface area contributed by atoms with Crippen LogP contribution in [0.5, 0.6) is 0 Å². The highest BCUT2D eigenvalue weighted by molar-refractivity contribution is 5.92. The molecule has 39 heavy (non-hydrogen) atoms. The van der Waals surface area contributed by atoms with E-state index in [1.165, 1.54) is 45.6 Å². The van der Waals surface area contributed by atoms with Crippen molar-refractivity contribution in [2.75, 3.05) is 13.7 Å². The fourth-order valence-electron chi connectivity index (χ4n) is 4.29. The molecule has 0 saturated heterocycles. The molecule has 3 N–H and O–H groups in total. The molecular weight excluding hydrogens is 496 g/mol. The van der Waals surface area contributed by atoms with Crippen molar-refractivity contribution < 1.29 is 23.9 Å². The van der Waals surface area contributed by atoms with Gasteiger partial charge < -0.3 is 25.1 Å². The number of carbonyl (C=O) groups is 3. The number of hydrogen-bond donors (Lipinski definition) is 3. The summed E-state index contributed by atoms with van der Waals surface area (Å²) in [6, 6.07) is 5.81. The number of esters is 1. The average molecular weight is 543 g/mol. The van der Waals surface area contributed by atoms with Crippen molar-refractivity contribution >= 4 is 35.1 Å². The number of para-hydroxylation sites is 1. The van der Waals surface area contributed by atoms with Crippen molar-refractivity contribution in [2.24, 2.45) is 4.99 Å². The standard InChI is InChI=1S/C30H46N4O5/c1-6-7-8-9-10-11-14-17-39-21-32-25(18-22-20-31-24-16-13-12-15-23(22)24)28(36)33-26(29(37)38-5)19-27(35)34-30(2,3)4/h12-13,15-16,20-21,25-26,31H,6-11,14,17-19H2,1-5H3,(H,33,36)(H,34,35)/t25-,26-/m0/s1. The first kappa shape index (κ1) is 31.9. The van der Waals surface area contributed by atoms with E-state index in [0.717, 1.165) is 29.3 Å². The highest BCUT2D eigenvalue weighted by Crippen LogP contribution is 2.20. The Morgan fingerprint density at radius 2 is 1.74 bits per heavy atom. The van der Waals surface area contributed by atoms with Crippen molar-refractivity contribution in [3.63, 3.8) is 0 Å². The van der Waals surface area contributed by atoms with Crippen LogP contribution < -0.4 is 10.6 Å². The second-order valence-corrected chi connectivity index (χ2v) is 10.9. The fraction of sp³-hybridized carbons (Fsp3) is 0.600. The lowest BCUT2D eigenvalue weighted by atomic mass is 10.0. The maximum Gasteiger partial charge on any atom is 0.328 e. The number of aliphatic imine (C=N–C) groups is 1. The van der Waals surface area contributed by atoms with E-state index in [0.29, 0.717) is 6.61 Å². The molecule has 0 unspecified atom stereocenters. The Morgan fingerprint density at radius 1 is 1.05 bits per heavy atom. The number of unbranched alkanes of at least 4 members (excludes halogenated alkanes) is 6. The minimum absolute atomic E-state index is 0.242. The average Bonchev–Trinajstić information content (AvgIpc) is 3.29. The second-order valence-electron chi connectivity index (χ2n) is 10.9. The van der Waals surface area contributed by atoms with Gasteiger partial charge in [0.1, 0.15) is 12.1 Å². The second kappa shape index (κ2) is 16.6. The molecule has 1 aromatic carbocycles. The number of benzene rings is 1. The van der Waals surface area contributed by atoms with Crippen LogP contribution in [-0.2, 0) is 30.3 Å². The van der Waals surface area contributed by atoms with Crippen molar-refractivity contribution in [3.05, 3.63) is 36.0 Å². The van der Waals surface area contributed by atoms with E-state index in [2.05, 4.69) is 27.5 Å². The predicted octanol–water partition coefficient (Wildman–Crippen LogP) is 4.84. The number of carbonyl (C=O) groups excluding carboxylic acids is 3. The molecule has 0 aliphatic carbocycles. The van der Waals surface area contributed by atoms with Crippen LogP contribution in [0.3, 0.4) is 0 Å². The SMILES string of the molecule is CCCCCCCCCOC=N[C@@H](Cc1c[nH]c2ccccc12)C(=O)N[C@@H](CC(=O)NC(C)(C)C)C(=O)OC. The van der Waals surface area contributed by atoms with Crippen LogP contribution in [-0.4, -0.2) is 60.5 Å². The molecule has 216 valence electrons. The number of rotatable bonds is 17. The molecule has 0 bridgehead atoms. The summed E-state index contributed by atoms with van der Waals surface area (Å²) >= 11 is 0. The first-order chi connectivity index (χ1) is 18.6. The van der Waals surface area contributed by atoms with E-state index in [4.69, 9.17) is 9.47 Å². The molecule has 9 nitrogen and oxygen atoms in total. The molecular formula is C30H46N4O5. The van der Waals surface area contributed by atoms with Crippen LogP contribution in [0.25, 0.3) is 10.9 Å². The number of amides is 2. The highest BCUT2D eigenvalue weighted by Gasteiger charge is 2.29. The molecule has 0 aliphatic rings. The maximum atomic E-state index is 13.4. The Morgan fingerprint density at radius 3 is 2.44 bits per heavy atom. The van der Waals surface area contributed by atoms with Crippen molar-refractivity contribution in [1.82, 2.24) is 15.6 Å². The molecule has 2 atom stereocenters. The molecule has 1 aromatic heterocycles. The normalized spacial score (nSPS) is 13.3. The predicted molar refractivity (Wildman–Crippen MR) is 155 cm³/mol. The lowest BCUT2D eigenvalue weighted by molar-refractivity contribution is -0.146. The third-order valence-corrected chi connectivity index (χ3v) is 6.28. The van der Waals surface area contributed by atoms with Gasteiger partial charge in [-0.2, -0.15) is 0 Å². The van der Waals surface area contributed by atoms with E-state index in [-0.39, 0.29) is 18.7 Å². The molecule has 9 heteroatoms. The van der Waals surface area contributed by atoms with Gasteiger partial charge in [0.15, 0.2) is 6.40 Å². The Hall–Kier alpha value is -3.36. The van der Waals surface area contributed by atoms with E-state index in [1.807, 2.05) is 51.2 Å². The summed E-state index contributed by atoms with van der Waals surface area (Å²) in [5.41, 5.74) is 1.39. The minimum atomic E-state index is -1.14. The van der Waals surface area contributed by atoms with E-state index in [9.17, 15) is 14.4 Å². The number of aromatic amines is 1. The number of methoxy groups -OCH3 is 1. The van der Waals surface area contributed by atoms with Gasteiger partial charge in [-0.1, -0.05) is 63.6 Å². The highest BCUT2D eigenvalue weighted by atomic mass is 16.5. The zero-order valence-corrected chi connectivity index (χ0v) is 24.2. The Bertz CT molecular complexity index is 1070. The summed E-state index contributed by atoms with van der Waals surface area (Å²) in [4.78, 5) is 45.9. The maximum absolute atomic E-state index is 13.4. The molecule has 0 saturated carbocycles. The summed E-state index contributed by atoms with van der Waals surface area (Å²) < 4.78 is 10.5. The summed E-state index contributed by atoms with van der Waals surface area (Å²) in [7, 11) is 1.22. The van der Waals surface area contributed by atoms with E-state index in [1.54, 1.807) is 0 Å². The zero-order valence-electron chi connectivity index (χ0n) is 24.2. The van der Waals surface area contributed by atoms with Crippen LogP contribution in [0.4, 0.5) is 0 Å². The molecule has 0 radical (unpaired) electrons. The lowest BCUT2D eigenvalue weighted by Gasteiger charge is -2.23. The fourth-order valence-corrected chi connectivity index (χ4v) is 4.29. The van der Waals surface area contributed by atoms with Gasteiger partial charge in [0.25, 0.3) is 0 Å². The summed E-state index contributed by atoms with van der Waals surface area (Å²) in [6.07, 6.45) is 11.5. The number of hydrogen-bond acceptors (Lipinski definition) is 6. The van der Waals surface area contributed by atoms with Gasteiger partial charge in [-0.25, -0.2) is 9.79 Å². The molecule has 2 aromatic rings. The largest absolute Gasteiger partial charge is 0.483 e. The molecule has 0 fully saturated rings. The van der Waals surface area contributed by atoms with Gasteiger partial charge in [0, 0.05) is 29.1 Å². The summed E-state index contributed by atoms with van der Waals surface area (Å²) in [5, 5.41) is 6.47. The van der Waals surface area contributed by atoms with Gasteiger partial charge in [-0.05, 0) is 38.8 Å². The van der Waals surface area contributed by atoms with Crippen LogP contribution in [0.2, 0.25) is 0 Å². The molecule has 0 aliphatic heterocycles. The lowest BCUT2D eigenvalue weighted by Crippen LogP contribution is -2.50. The number of nitrogens with one attached hydrogen (secondary N) is 3. The van der Waals surface area contributed by atoms with Crippen molar-refractivity contribution in [1.29, 1.82) is 0 Å². The first-order valence-corrected chi connectivity index (χ1v) is 14.0. The Balaban J connectivity index is 2.07. The van der Waals surface area contributed by atoms with Gasteiger partial charge in [0.2, 0.25) is 11.8 Å². The third kappa shape index (κ3) is 11.9. The van der Waals surface area contributed by atoms with E-state index < -0.39 is 29.5 Å². The number of fused-ring (bicyclic) bond motifs is 1. The van der Waals surface area contributed by atoms with Gasteiger partial charge in [0.05, 0.1) is 20.1 Å². The summed E-state index contributed by atoms with van der Waals surface area (Å²) in [6.45, 7) is 8.26. The van der Waals surface area contributed by atoms with Gasteiger partial charge in [-0.15, -0.1) is 0 Å². The van der Waals surface area contributed by atoms with Crippen LogP contribution in [0.15, 0.2) is 35.5 Å². The zero-order chi connectivity index (χ0) is 28.7. The number of ether oxygens (including phenoxy) is 2. The molecule has 2 rings (SSSR count).